The maximum absolute atomic E-state index is 12.2. The first-order chi connectivity index (χ1) is 11.8. The van der Waals surface area contributed by atoms with Gasteiger partial charge in [-0.15, -0.1) is 4.47 Å². The molecule has 0 unspecified atom stereocenters. The predicted octanol–water partition coefficient (Wildman–Crippen LogP) is -1.89. The van der Waals surface area contributed by atoms with Gasteiger partial charge in [-0.05, 0) is 24.3 Å². The average Bonchev–Trinajstić information content (AvgIpc) is 3.00. The molecule has 1 heterocycles. The van der Waals surface area contributed by atoms with Crippen LogP contribution < -0.4 is 26.8 Å². The van der Waals surface area contributed by atoms with E-state index in [2.05, 4.69) is 10.1 Å². The minimum Gasteiger partial charge on any atom is -1.00 e. The Morgan fingerprint density at radius 1 is 1.35 bits per heavy atom. The molecule has 144 valence electrons. The van der Waals surface area contributed by atoms with Crippen molar-refractivity contribution in [3.63, 3.8) is 0 Å². The van der Waals surface area contributed by atoms with Gasteiger partial charge in [-0.1, -0.05) is 0 Å². The molecule has 0 aliphatic carbocycles. The van der Waals surface area contributed by atoms with Crippen LogP contribution in [0, 0.1) is 0 Å². The number of carbonyl (C=O) groups excluding carboxylic acids is 1. The van der Waals surface area contributed by atoms with Crippen LogP contribution in [0.5, 0.6) is 0 Å². The molecule has 0 atom stereocenters. The first-order valence-electron chi connectivity index (χ1n) is 7.50. The number of nitrogens with one attached hydrogen (secondary N) is 1. The summed E-state index contributed by atoms with van der Waals surface area (Å²) in [6.45, 7) is 0.524. The van der Waals surface area contributed by atoms with Crippen LogP contribution >= 0.6 is 0 Å². The number of hydrogen-bond acceptors (Lipinski definition) is 5. The summed E-state index contributed by atoms with van der Waals surface area (Å²) in [6.07, 6.45) is 5.26. The lowest BCUT2D eigenvalue weighted by molar-refractivity contribution is -0.671. The summed E-state index contributed by atoms with van der Waals surface area (Å²) in [6, 6.07) is 5.69. The van der Waals surface area contributed by atoms with E-state index in [1.807, 2.05) is 34.9 Å². The Kier molecular flexibility index (Phi) is 7.87. The molecule has 0 saturated heterocycles. The van der Waals surface area contributed by atoms with Gasteiger partial charge < -0.3 is 17.1 Å². The lowest BCUT2D eigenvalue weighted by Crippen LogP contribution is -3.00. The average molecular weight is 405 g/mol. The number of nitrogens with zero attached hydrogens (tertiary/aromatic N) is 3. The molecule has 0 bridgehead atoms. The molecule has 0 spiro atoms. The Morgan fingerprint density at radius 2 is 2.00 bits per heavy atom. The number of benzene rings is 1. The maximum atomic E-state index is 12.2. The Balaban J connectivity index is 0.00000338. The van der Waals surface area contributed by atoms with Gasteiger partial charge in [0.05, 0.1) is 32.1 Å². The molecule has 0 aliphatic rings. The van der Waals surface area contributed by atoms with E-state index >= 15 is 0 Å². The molecule has 26 heavy (non-hydrogen) atoms. The highest BCUT2D eigenvalue weighted by Crippen LogP contribution is 2.20. The molecular weight excluding hydrogens is 384 g/mol. The zero-order valence-corrected chi connectivity index (χ0v) is 15.9. The van der Waals surface area contributed by atoms with E-state index in [4.69, 9.17) is 0 Å². The molecule has 0 radical (unpaired) electrons. The van der Waals surface area contributed by atoms with Crippen molar-refractivity contribution in [2.24, 2.45) is 7.05 Å². The number of carbonyl (C=O) groups is 1. The number of rotatable bonds is 7. The van der Waals surface area contributed by atoms with E-state index in [1.165, 1.54) is 31.4 Å². The van der Waals surface area contributed by atoms with Crippen molar-refractivity contribution in [2.45, 2.75) is 13.0 Å². The summed E-state index contributed by atoms with van der Waals surface area (Å²) in [4.78, 5) is 11.1. The number of hydrogen-bond donors (Lipinski definition) is 2. The molecule has 2 aromatic rings. The third-order valence-corrected chi connectivity index (χ3v) is 4.97. The van der Waals surface area contributed by atoms with Gasteiger partial charge in [0, 0.05) is 12.1 Å². The molecule has 2 N–H and O–H groups in total. The van der Waals surface area contributed by atoms with Gasteiger partial charge in [-0.25, -0.2) is 22.3 Å². The predicted molar refractivity (Wildman–Crippen MR) is 90.7 cm³/mol. The fraction of sp³-hybridized carbons (Fsp3) is 0.333. The zero-order chi connectivity index (χ0) is 18.4. The summed E-state index contributed by atoms with van der Waals surface area (Å²) in [5.74, 6) is -0.201. The summed E-state index contributed by atoms with van der Waals surface area (Å²) >= 11 is 0. The molecule has 1 aromatic carbocycles. The number of amides is 1. The Morgan fingerprint density at radius 3 is 2.54 bits per heavy atom. The van der Waals surface area contributed by atoms with Gasteiger partial charge in [0.15, 0.2) is 0 Å². The van der Waals surface area contributed by atoms with Crippen molar-refractivity contribution in [3.05, 3.63) is 43.0 Å². The topological polar surface area (TPSA) is 105 Å². The fourth-order valence-electron chi connectivity index (χ4n) is 2.15. The molecule has 2 rings (SSSR count). The van der Waals surface area contributed by atoms with Crippen molar-refractivity contribution in [1.29, 1.82) is 0 Å². The lowest BCUT2D eigenvalue weighted by Gasteiger charge is -2.17. The van der Waals surface area contributed by atoms with Crippen LogP contribution in [0.25, 0.3) is 0 Å². The molecule has 0 aliphatic heterocycles. The summed E-state index contributed by atoms with van der Waals surface area (Å²) in [5.41, 5.74) is 0.504. The monoisotopic (exact) mass is 404 g/mol. The number of aryl methyl sites for hydroxylation is 2. The van der Waals surface area contributed by atoms with Crippen LogP contribution in [0.3, 0.4) is 0 Å². The lowest BCUT2D eigenvalue weighted by atomic mass is 10.3. The van der Waals surface area contributed by atoms with Crippen molar-refractivity contribution in [1.82, 2.24) is 4.57 Å². The second-order valence-electron chi connectivity index (χ2n) is 5.39. The first-order valence-corrected chi connectivity index (χ1v) is 9.10. The van der Waals surface area contributed by atoms with Crippen LogP contribution in [0.15, 0.2) is 43.0 Å². The van der Waals surface area contributed by atoms with Gasteiger partial charge in [0.1, 0.15) is 12.4 Å². The summed E-state index contributed by atoms with van der Waals surface area (Å²) in [7, 11) is -0.749. The first kappa shape index (κ1) is 21.7. The molecular formula is C15H21ClN4O5S. The van der Waals surface area contributed by atoms with Crippen LogP contribution in [0.4, 0.5) is 16.2 Å². The van der Waals surface area contributed by atoms with Crippen molar-refractivity contribution in [3.8, 4) is 0 Å². The van der Waals surface area contributed by atoms with Gasteiger partial charge in [0.25, 0.3) is 10.0 Å². The number of aromatic nitrogens is 2. The van der Waals surface area contributed by atoms with E-state index in [0.717, 1.165) is 0 Å². The third kappa shape index (κ3) is 5.90. The van der Waals surface area contributed by atoms with Gasteiger partial charge in [0.2, 0.25) is 6.33 Å². The normalized spacial score (nSPS) is 10.7. The third-order valence-electron chi connectivity index (χ3n) is 3.43. The number of methoxy groups -OCH3 is 1. The van der Waals surface area contributed by atoms with Gasteiger partial charge in [-0.3, -0.25) is 10.5 Å². The number of sulfonamides is 1. The summed E-state index contributed by atoms with van der Waals surface area (Å²) in [5, 5.41) is 12.4. The minimum atomic E-state index is -3.86. The van der Waals surface area contributed by atoms with Crippen molar-refractivity contribution in [2.75, 3.05) is 22.6 Å². The van der Waals surface area contributed by atoms with Gasteiger partial charge in [-0.2, -0.15) is 0 Å². The van der Waals surface area contributed by atoms with Crippen LogP contribution in [0.1, 0.15) is 6.42 Å². The van der Waals surface area contributed by atoms with Crippen LogP contribution in [-0.4, -0.2) is 37.1 Å². The largest absolute Gasteiger partial charge is 1.00 e. The van der Waals surface area contributed by atoms with Crippen LogP contribution in [-0.2, 0) is 28.4 Å². The molecule has 0 fully saturated rings. The Bertz CT molecular complexity index is 823. The van der Waals surface area contributed by atoms with E-state index in [1.54, 1.807) is 0 Å². The molecule has 1 amide bonds. The standard InChI is InChI=1S/C15H20N4O5S.ClH/c1-17-9-10-18(12-17)8-3-11-25(22,23)19(21)14-6-4-13(5-7-14)16-15(20)24-2;/h4-7,9-10,12,21H,3,8,11H2,1-2H3;1H. The highest BCUT2D eigenvalue weighted by Gasteiger charge is 2.21. The van der Waals surface area contributed by atoms with E-state index in [-0.39, 0.29) is 28.3 Å². The van der Waals surface area contributed by atoms with E-state index < -0.39 is 16.1 Å². The fourth-order valence-corrected chi connectivity index (χ4v) is 3.26. The van der Waals surface area contributed by atoms with Crippen molar-refractivity contribution < 1.29 is 40.1 Å². The molecule has 1 aromatic heterocycles. The van der Waals surface area contributed by atoms with Crippen molar-refractivity contribution >= 4 is 27.5 Å². The quantitative estimate of drug-likeness (QED) is 0.415. The number of anilines is 2. The Hall–Kier alpha value is -2.30. The summed E-state index contributed by atoms with van der Waals surface area (Å²) < 4.78 is 32.9. The second-order valence-corrected chi connectivity index (χ2v) is 7.31. The highest BCUT2D eigenvalue weighted by atomic mass is 35.5. The van der Waals surface area contributed by atoms with Gasteiger partial charge >= 0.3 is 6.09 Å². The van der Waals surface area contributed by atoms with Crippen LogP contribution in [0.2, 0.25) is 0 Å². The molecule has 11 heteroatoms. The highest BCUT2D eigenvalue weighted by molar-refractivity contribution is 7.92. The molecule has 0 saturated carbocycles. The number of halogens is 1. The second kappa shape index (κ2) is 9.41. The van der Waals surface area contributed by atoms with E-state index in [9.17, 15) is 18.4 Å². The Labute approximate surface area is 158 Å². The molecule has 9 nitrogen and oxygen atoms in total. The number of ether oxygens (including phenoxy) is 1. The zero-order valence-electron chi connectivity index (χ0n) is 14.4. The van der Waals surface area contributed by atoms with E-state index in [0.29, 0.717) is 18.7 Å². The maximum Gasteiger partial charge on any atom is 0.411 e. The minimum absolute atomic E-state index is 0. The number of imidazole rings is 1. The smallest absolute Gasteiger partial charge is 0.411 e. The SMILES string of the molecule is COC(=O)Nc1ccc(N(O)S(=O)(=O)CCCn2cc[n+](C)c2)cc1.[Cl-].